The summed E-state index contributed by atoms with van der Waals surface area (Å²) in [5.41, 5.74) is 5.68. The van der Waals surface area contributed by atoms with Gasteiger partial charge in [0.15, 0.2) is 0 Å². The minimum atomic E-state index is 0.400. The van der Waals surface area contributed by atoms with E-state index in [1.807, 2.05) is 30.3 Å². The second-order valence-electron chi connectivity index (χ2n) is 4.43. The van der Waals surface area contributed by atoms with Crippen molar-refractivity contribution in [1.29, 1.82) is 0 Å². The summed E-state index contributed by atoms with van der Waals surface area (Å²) in [7, 11) is 0. The minimum Gasteiger partial charge on any atom is -0.439 e. The molecule has 0 aliphatic heterocycles. The lowest BCUT2D eigenvalue weighted by molar-refractivity contribution is 0.461. The van der Waals surface area contributed by atoms with E-state index in [2.05, 4.69) is 32.0 Å². The summed E-state index contributed by atoms with van der Waals surface area (Å²) >= 11 is 3.46. The number of nitrogen functional groups attached to an aromatic ring is 1. The summed E-state index contributed by atoms with van der Waals surface area (Å²) in [4.78, 5) is 8.22. The van der Waals surface area contributed by atoms with Crippen LogP contribution >= 0.6 is 15.9 Å². The predicted octanol–water partition coefficient (Wildman–Crippen LogP) is 4.08. The number of benzene rings is 2. The molecule has 0 aliphatic carbocycles. The molecule has 0 aliphatic rings. The molecular weight excluding hydrogens is 318 g/mol. The maximum atomic E-state index is 5.74. The van der Waals surface area contributed by atoms with Gasteiger partial charge in [-0.05, 0) is 42.0 Å². The second-order valence-corrected chi connectivity index (χ2v) is 5.35. The van der Waals surface area contributed by atoms with Gasteiger partial charge in [-0.2, -0.15) is 4.98 Å². The van der Waals surface area contributed by atoms with Crippen LogP contribution in [0, 0.1) is 6.92 Å². The summed E-state index contributed by atoms with van der Waals surface area (Å²) in [6.45, 7) is 1.78. The third-order valence-electron chi connectivity index (χ3n) is 2.83. The fraction of sp³-hybridized carbons (Fsp3) is 0.0667. The molecule has 0 atom stereocenters. The van der Waals surface area contributed by atoms with Crippen molar-refractivity contribution in [2.45, 2.75) is 6.92 Å². The van der Waals surface area contributed by atoms with Gasteiger partial charge in [0, 0.05) is 10.5 Å². The van der Waals surface area contributed by atoms with Gasteiger partial charge in [-0.1, -0.05) is 28.1 Å². The molecule has 0 spiro atoms. The first kappa shape index (κ1) is 12.9. The van der Waals surface area contributed by atoms with Crippen LogP contribution in [0.1, 0.15) is 5.82 Å². The van der Waals surface area contributed by atoms with Gasteiger partial charge < -0.3 is 10.5 Å². The molecule has 1 aromatic heterocycles. The van der Waals surface area contributed by atoms with E-state index in [0.29, 0.717) is 17.5 Å². The zero-order valence-electron chi connectivity index (χ0n) is 10.8. The van der Waals surface area contributed by atoms with E-state index in [-0.39, 0.29) is 0 Å². The molecule has 0 fully saturated rings. The molecule has 4 nitrogen and oxygen atoms in total. The van der Waals surface area contributed by atoms with Crippen molar-refractivity contribution >= 4 is 32.5 Å². The number of ether oxygens (including phenoxy) is 1. The fourth-order valence-electron chi connectivity index (χ4n) is 1.99. The van der Waals surface area contributed by atoms with Crippen molar-refractivity contribution in [3.05, 3.63) is 52.8 Å². The SMILES string of the molecule is Cc1nc(N)cc(Oc2ccc3cc(Br)ccc3c2)n1. The highest BCUT2D eigenvalue weighted by Gasteiger charge is 2.03. The molecular formula is C15H12BrN3O. The van der Waals surface area contributed by atoms with Gasteiger partial charge in [-0.25, -0.2) is 4.98 Å². The van der Waals surface area contributed by atoms with Crippen molar-refractivity contribution in [3.8, 4) is 11.6 Å². The summed E-state index contributed by atoms with van der Waals surface area (Å²) in [6.07, 6.45) is 0. The van der Waals surface area contributed by atoms with E-state index in [1.165, 1.54) is 0 Å². The largest absolute Gasteiger partial charge is 0.439 e. The van der Waals surface area contributed by atoms with E-state index in [1.54, 1.807) is 13.0 Å². The molecule has 2 aromatic carbocycles. The average Bonchev–Trinajstić information content (AvgIpc) is 2.38. The van der Waals surface area contributed by atoms with Gasteiger partial charge in [-0.3, -0.25) is 0 Å². The number of fused-ring (bicyclic) bond motifs is 1. The molecule has 2 N–H and O–H groups in total. The molecule has 0 saturated heterocycles. The summed E-state index contributed by atoms with van der Waals surface area (Å²) < 4.78 is 6.79. The monoisotopic (exact) mass is 329 g/mol. The third kappa shape index (κ3) is 2.72. The maximum Gasteiger partial charge on any atom is 0.224 e. The first-order chi connectivity index (χ1) is 9.60. The van der Waals surface area contributed by atoms with Crippen LogP contribution in [0.15, 0.2) is 46.9 Å². The number of hydrogen-bond acceptors (Lipinski definition) is 4. The first-order valence-corrected chi connectivity index (χ1v) is 6.88. The molecule has 3 rings (SSSR count). The van der Waals surface area contributed by atoms with E-state index in [4.69, 9.17) is 10.5 Å². The van der Waals surface area contributed by atoms with Crippen LogP contribution in [0.3, 0.4) is 0 Å². The topological polar surface area (TPSA) is 61.0 Å². The molecule has 0 saturated carbocycles. The normalized spacial score (nSPS) is 10.7. The van der Waals surface area contributed by atoms with Crippen LogP contribution in [0.4, 0.5) is 5.82 Å². The maximum absolute atomic E-state index is 5.74. The van der Waals surface area contributed by atoms with Gasteiger partial charge in [0.1, 0.15) is 17.4 Å². The van der Waals surface area contributed by atoms with Gasteiger partial charge in [0.2, 0.25) is 5.88 Å². The van der Waals surface area contributed by atoms with Crippen LogP contribution < -0.4 is 10.5 Å². The summed E-state index contributed by atoms with van der Waals surface area (Å²) in [6, 6.07) is 13.6. The molecule has 0 amide bonds. The van der Waals surface area contributed by atoms with Crippen molar-refractivity contribution in [1.82, 2.24) is 9.97 Å². The van der Waals surface area contributed by atoms with Crippen LogP contribution in [-0.4, -0.2) is 9.97 Å². The van der Waals surface area contributed by atoms with E-state index < -0.39 is 0 Å². The number of nitrogens with two attached hydrogens (primary N) is 1. The Morgan fingerprint density at radius 2 is 1.75 bits per heavy atom. The van der Waals surface area contributed by atoms with Crippen LogP contribution in [0.25, 0.3) is 10.8 Å². The number of anilines is 1. The van der Waals surface area contributed by atoms with E-state index in [9.17, 15) is 0 Å². The molecule has 3 aromatic rings. The Morgan fingerprint density at radius 3 is 2.55 bits per heavy atom. The number of nitrogens with zero attached hydrogens (tertiary/aromatic N) is 2. The highest BCUT2D eigenvalue weighted by Crippen LogP contribution is 2.27. The third-order valence-corrected chi connectivity index (χ3v) is 3.32. The summed E-state index contributed by atoms with van der Waals surface area (Å²) in [5.74, 6) is 2.16. The van der Waals surface area contributed by atoms with Crippen molar-refractivity contribution in [3.63, 3.8) is 0 Å². The van der Waals surface area contributed by atoms with Gasteiger partial charge in [0.05, 0.1) is 0 Å². The first-order valence-electron chi connectivity index (χ1n) is 6.08. The van der Waals surface area contributed by atoms with Gasteiger partial charge >= 0.3 is 0 Å². The molecule has 0 bridgehead atoms. The lowest BCUT2D eigenvalue weighted by Crippen LogP contribution is -1.97. The quantitative estimate of drug-likeness (QED) is 0.769. The van der Waals surface area contributed by atoms with Crippen molar-refractivity contribution in [2.75, 3.05) is 5.73 Å². The molecule has 0 unspecified atom stereocenters. The van der Waals surface area contributed by atoms with Crippen LogP contribution in [-0.2, 0) is 0 Å². The highest BCUT2D eigenvalue weighted by molar-refractivity contribution is 9.10. The molecule has 20 heavy (non-hydrogen) atoms. The predicted molar refractivity (Wildman–Crippen MR) is 82.9 cm³/mol. The molecule has 100 valence electrons. The van der Waals surface area contributed by atoms with Crippen molar-refractivity contribution < 1.29 is 4.74 Å². The zero-order chi connectivity index (χ0) is 14.1. The highest BCUT2D eigenvalue weighted by atomic mass is 79.9. The fourth-order valence-corrected chi connectivity index (χ4v) is 2.37. The van der Waals surface area contributed by atoms with E-state index >= 15 is 0 Å². The number of rotatable bonds is 2. The second kappa shape index (κ2) is 5.09. The zero-order valence-corrected chi connectivity index (χ0v) is 12.4. The Kier molecular flexibility index (Phi) is 3.28. The standard InChI is InChI=1S/C15H12BrN3O/c1-9-18-14(17)8-15(19-9)20-13-5-3-10-6-12(16)4-2-11(10)7-13/h2-8H,1H3,(H2,17,18,19). The Bertz CT molecular complexity index is 769. The lowest BCUT2D eigenvalue weighted by Gasteiger charge is -2.07. The van der Waals surface area contributed by atoms with Gasteiger partial charge in [-0.15, -0.1) is 0 Å². The van der Waals surface area contributed by atoms with Crippen molar-refractivity contribution in [2.24, 2.45) is 0 Å². The Balaban J connectivity index is 1.96. The summed E-state index contributed by atoms with van der Waals surface area (Å²) in [5, 5.41) is 2.24. The number of hydrogen-bond donors (Lipinski definition) is 1. The number of halogens is 1. The van der Waals surface area contributed by atoms with Crippen LogP contribution in [0.5, 0.6) is 11.6 Å². The lowest BCUT2D eigenvalue weighted by atomic mass is 10.1. The average molecular weight is 330 g/mol. The minimum absolute atomic E-state index is 0.400. The van der Waals surface area contributed by atoms with Gasteiger partial charge in [0.25, 0.3) is 0 Å². The molecule has 1 heterocycles. The van der Waals surface area contributed by atoms with Crippen LogP contribution in [0.2, 0.25) is 0 Å². The molecule has 5 heteroatoms. The Labute approximate surface area is 124 Å². The molecule has 0 radical (unpaired) electrons. The Hall–Kier alpha value is -2.14. The number of aromatic nitrogens is 2. The Morgan fingerprint density at radius 1 is 1.00 bits per heavy atom. The number of aryl methyl sites for hydroxylation is 1. The smallest absolute Gasteiger partial charge is 0.224 e. The van der Waals surface area contributed by atoms with E-state index in [0.717, 1.165) is 21.0 Å².